The zero-order valence-electron chi connectivity index (χ0n) is 10.9. The number of likely N-dealkylation sites (tertiary alicyclic amines) is 1. The van der Waals surface area contributed by atoms with Gasteiger partial charge in [0.15, 0.2) is 0 Å². The summed E-state index contributed by atoms with van der Waals surface area (Å²) in [5.74, 6) is 0.583. The van der Waals surface area contributed by atoms with E-state index in [1.807, 2.05) is 0 Å². The van der Waals surface area contributed by atoms with Crippen LogP contribution in [-0.4, -0.2) is 29.9 Å². The van der Waals surface area contributed by atoms with Crippen LogP contribution in [0.1, 0.15) is 46.0 Å². The SMILES string of the molecule is CC1(C)CCN(C(=O)C2CCC(N)C2)CC1.Cl. The van der Waals surface area contributed by atoms with Gasteiger partial charge >= 0.3 is 0 Å². The lowest BCUT2D eigenvalue weighted by atomic mass is 9.82. The Balaban J connectivity index is 0.00000144. The number of halogens is 1. The monoisotopic (exact) mass is 260 g/mol. The first-order valence-electron chi connectivity index (χ1n) is 6.52. The quantitative estimate of drug-likeness (QED) is 0.786. The molecule has 2 N–H and O–H groups in total. The van der Waals surface area contributed by atoms with Crippen LogP contribution in [0.4, 0.5) is 0 Å². The molecule has 2 aliphatic rings. The molecule has 1 aliphatic carbocycles. The Morgan fingerprint density at radius 2 is 1.82 bits per heavy atom. The fourth-order valence-corrected chi connectivity index (χ4v) is 2.83. The molecule has 2 fully saturated rings. The number of amides is 1. The molecule has 0 bridgehead atoms. The Labute approximate surface area is 111 Å². The second kappa shape index (κ2) is 5.57. The van der Waals surface area contributed by atoms with Crippen LogP contribution >= 0.6 is 12.4 Å². The van der Waals surface area contributed by atoms with E-state index in [4.69, 9.17) is 5.73 Å². The molecule has 3 nitrogen and oxygen atoms in total. The number of carbonyl (C=O) groups is 1. The highest BCUT2D eigenvalue weighted by Gasteiger charge is 2.34. The van der Waals surface area contributed by atoms with E-state index in [1.54, 1.807) is 0 Å². The van der Waals surface area contributed by atoms with Crippen molar-refractivity contribution in [1.29, 1.82) is 0 Å². The van der Waals surface area contributed by atoms with Gasteiger partial charge in [0.05, 0.1) is 0 Å². The number of nitrogens with two attached hydrogens (primary N) is 1. The summed E-state index contributed by atoms with van der Waals surface area (Å²) < 4.78 is 0. The van der Waals surface area contributed by atoms with Crippen LogP contribution in [0.15, 0.2) is 0 Å². The molecule has 1 aliphatic heterocycles. The first-order valence-corrected chi connectivity index (χ1v) is 6.52. The summed E-state index contributed by atoms with van der Waals surface area (Å²) in [6.07, 6.45) is 5.20. The minimum absolute atomic E-state index is 0. The van der Waals surface area contributed by atoms with Crippen molar-refractivity contribution in [3.8, 4) is 0 Å². The number of nitrogens with zero attached hydrogens (tertiary/aromatic N) is 1. The molecule has 0 aromatic heterocycles. The molecule has 1 amide bonds. The number of carbonyl (C=O) groups excluding carboxylic acids is 1. The van der Waals surface area contributed by atoms with Crippen molar-refractivity contribution in [2.24, 2.45) is 17.1 Å². The normalized spacial score (nSPS) is 32.1. The molecule has 2 atom stereocenters. The maximum Gasteiger partial charge on any atom is 0.225 e. The highest BCUT2D eigenvalue weighted by molar-refractivity contribution is 5.85. The van der Waals surface area contributed by atoms with Crippen molar-refractivity contribution in [3.63, 3.8) is 0 Å². The lowest BCUT2D eigenvalue weighted by Crippen LogP contribution is -2.43. The Morgan fingerprint density at radius 3 is 2.29 bits per heavy atom. The summed E-state index contributed by atoms with van der Waals surface area (Å²) >= 11 is 0. The topological polar surface area (TPSA) is 46.3 Å². The molecule has 17 heavy (non-hydrogen) atoms. The van der Waals surface area contributed by atoms with Crippen LogP contribution in [0, 0.1) is 11.3 Å². The van der Waals surface area contributed by atoms with E-state index in [2.05, 4.69) is 18.7 Å². The van der Waals surface area contributed by atoms with Gasteiger partial charge in [0.25, 0.3) is 0 Å². The molecule has 0 aromatic carbocycles. The first kappa shape index (κ1) is 14.8. The van der Waals surface area contributed by atoms with Crippen molar-refractivity contribution in [1.82, 2.24) is 4.90 Å². The second-order valence-electron chi connectivity index (χ2n) is 6.26. The summed E-state index contributed by atoms with van der Waals surface area (Å²) in [6, 6.07) is 0.259. The van der Waals surface area contributed by atoms with Crippen molar-refractivity contribution in [3.05, 3.63) is 0 Å². The molecular formula is C13H25ClN2O. The Kier molecular flexibility index (Phi) is 4.85. The van der Waals surface area contributed by atoms with E-state index in [-0.39, 0.29) is 24.4 Å². The molecule has 1 saturated heterocycles. The van der Waals surface area contributed by atoms with E-state index in [9.17, 15) is 4.79 Å². The minimum atomic E-state index is 0. The Hall–Kier alpha value is -0.280. The van der Waals surface area contributed by atoms with Crippen LogP contribution in [0.25, 0.3) is 0 Å². The predicted octanol–water partition coefficient (Wildman–Crippen LogP) is 2.18. The van der Waals surface area contributed by atoms with Gasteiger partial charge < -0.3 is 10.6 Å². The Morgan fingerprint density at radius 1 is 1.24 bits per heavy atom. The van der Waals surface area contributed by atoms with Gasteiger partial charge in [-0.15, -0.1) is 12.4 Å². The van der Waals surface area contributed by atoms with Gasteiger partial charge in [0, 0.05) is 25.0 Å². The molecule has 0 radical (unpaired) electrons. The van der Waals surface area contributed by atoms with Gasteiger partial charge in [0.1, 0.15) is 0 Å². The summed E-state index contributed by atoms with van der Waals surface area (Å²) in [4.78, 5) is 14.3. The van der Waals surface area contributed by atoms with E-state index < -0.39 is 0 Å². The third-order valence-corrected chi connectivity index (χ3v) is 4.25. The summed E-state index contributed by atoms with van der Waals surface area (Å²) in [7, 11) is 0. The van der Waals surface area contributed by atoms with Gasteiger partial charge in [-0.3, -0.25) is 4.79 Å². The van der Waals surface area contributed by atoms with E-state index in [0.717, 1.165) is 45.2 Å². The smallest absolute Gasteiger partial charge is 0.225 e. The van der Waals surface area contributed by atoms with Crippen LogP contribution in [0.2, 0.25) is 0 Å². The molecule has 100 valence electrons. The number of hydrogen-bond donors (Lipinski definition) is 1. The van der Waals surface area contributed by atoms with Gasteiger partial charge in [-0.2, -0.15) is 0 Å². The van der Waals surface area contributed by atoms with Gasteiger partial charge in [-0.05, 0) is 37.5 Å². The third-order valence-electron chi connectivity index (χ3n) is 4.25. The molecule has 2 rings (SSSR count). The van der Waals surface area contributed by atoms with E-state index in [0.29, 0.717) is 11.3 Å². The highest BCUT2D eigenvalue weighted by atomic mass is 35.5. The number of piperidine rings is 1. The zero-order chi connectivity index (χ0) is 11.8. The molecule has 4 heteroatoms. The fraction of sp³-hybridized carbons (Fsp3) is 0.923. The van der Waals surface area contributed by atoms with E-state index >= 15 is 0 Å². The van der Waals surface area contributed by atoms with Crippen LogP contribution < -0.4 is 5.73 Å². The summed E-state index contributed by atoms with van der Waals surface area (Å²) in [6.45, 7) is 6.47. The first-order chi connectivity index (χ1) is 7.48. The molecular weight excluding hydrogens is 236 g/mol. The van der Waals surface area contributed by atoms with Crippen LogP contribution in [0.5, 0.6) is 0 Å². The standard InChI is InChI=1S/C13H24N2O.ClH/c1-13(2)5-7-15(8-6-13)12(16)10-3-4-11(14)9-10;/h10-11H,3-9,14H2,1-2H3;1H. The minimum Gasteiger partial charge on any atom is -0.342 e. The number of hydrogen-bond acceptors (Lipinski definition) is 2. The van der Waals surface area contributed by atoms with Crippen molar-refractivity contribution >= 4 is 18.3 Å². The highest BCUT2D eigenvalue weighted by Crippen LogP contribution is 2.32. The second-order valence-corrected chi connectivity index (χ2v) is 6.26. The maximum absolute atomic E-state index is 12.2. The molecule has 1 heterocycles. The van der Waals surface area contributed by atoms with Crippen molar-refractivity contribution in [2.45, 2.75) is 52.0 Å². The van der Waals surface area contributed by atoms with Crippen molar-refractivity contribution in [2.75, 3.05) is 13.1 Å². The average molecular weight is 261 g/mol. The average Bonchev–Trinajstić information content (AvgIpc) is 2.64. The maximum atomic E-state index is 12.2. The van der Waals surface area contributed by atoms with Gasteiger partial charge in [-0.1, -0.05) is 13.8 Å². The van der Waals surface area contributed by atoms with Gasteiger partial charge in [-0.25, -0.2) is 0 Å². The van der Waals surface area contributed by atoms with Crippen molar-refractivity contribution < 1.29 is 4.79 Å². The largest absolute Gasteiger partial charge is 0.342 e. The zero-order valence-corrected chi connectivity index (χ0v) is 11.8. The van der Waals surface area contributed by atoms with Crippen LogP contribution in [0.3, 0.4) is 0 Å². The molecule has 2 unspecified atom stereocenters. The van der Waals surface area contributed by atoms with Crippen LogP contribution in [-0.2, 0) is 4.79 Å². The third kappa shape index (κ3) is 3.59. The lowest BCUT2D eigenvalue weighted by molar-refractivity contribution is -0.137. The fourth-order valence-electron chi connectivity index (χ4n) is 2.83. The van der Waals surface area contributed by atoms with E-state index in [1.165, 1.54) is 0 Å². The summed E-state index contributed by atoms with van der Waals surface area (Å²) in [5.41, 5.74) is 6.28. The Bertz CT molecular complexity index is 271. The van der Waals surface area contributed by atoms with Gasteiger partial charge in [0.2, 0.25) is 5.91 Å². The molecule has 1 saturated carbocycles. The molecule has 0 spiro atoms. The summed E-state index contributed by atoms with van der Waals surface area (Å²) in [5, 5.41) is 0. The lowest BCUT2D eigenvalue weighted by Gasteiger charge is -2.38. The number of rotatable bonds is 1. The predicted molar refractivity (Wildman–Crippen MR) is 72.2 cm³/mol. The molecule has 0 aromatic rings.